The second kappa shape index (κ2) is 9.56. The van der Waals surface area contributed by atoms with Gasteiger partial charge in [0, 0.05) is 5.56 Å². The third-order valence-corrected chi connectivity index (χ3v) is 6.33. The van der Waals surface area contributed by atoms with Crippen LogP contribution in [0.25, 0.3) is 11.0 Å². The first-order valence-electron chi connectivity index (χ1n) is 11.1. The molecule has 0 saturated carbocycles. The molecule has 3 aromatic carbocycles. The summed E-state index contributed by atoms with van der Waals surface area (Å²) in [4.78, 5) is 31.5. The Morgan fingerprint density at radius 2 is 1.82 bits per heavy atom. The Morgan fingerprint density at radius 1 is 1.08 bits per heavy atom. The number of carbonyl (C=O) groups excluding carboxylic acids is 2. The van der Waals surface area contributed by atoms with E-state index in [4.69, 9.17) is 11.6 Å². The number of rotatable bonds is 5. The van der Waals surface area contributed by atoms with E-state index in [-0.39, 0.29) is 44.7 Å². The van der Waals surface area contributed by atoms with Gasteiger partial charge in [0.2, 0.25) is 0 Å². The van der Waals surface area contributed by atoms with Gasteiger partial charge in [-0.25, -0.2) is 22.5 Å². The Morgan fingerprint density at radius 3 is 2.51 bits per heavy atom. The molecule has 0 saturated heterocycles. The maximum absolute atomic E-state index is 14.1. The molecule has 4 aromatic rings. The normalized spacial score (nSPS) is 13.5. The van der Waals surface area contributed by atoms with Crippen LogP contribution in [0, 0.1) is 11.6 Å². The second-order valence-corrected chi connectivity index (χ2v) is 9.00. The quantitative estimate of drug-likeness (QED) is 0.267. The lowest BCUT2D eigenvalue weighted by Crippen LogP contribution is -2.20. The fourth-order valence-corrected chi connectivity index (χ4v) is 4.62. The summed E-state index contributed by atoms with van der Waals surface area (Å²) in [6.07, 6.45) is -6.69. The predicted octanol–water partition coefficient (Wildman–Crippen LogP) is 6.84. The van der Waals surface area contributed by atoms with E-state index in [1.54, 1.807) is 0 Å². The molecule has 1 aromatic heterocycles. The van der Waals surface area contributed by atoms with E-state index in [0.29, 0.717) is 12.1 Å². The molecular formula is C25H14ClF7N4O2. The van der Waals surface area contributed by atoms with Gasteiger partial charge in [0.15, 0.2) is 5.78 Å². The third-order valence-electron chi connectivity index (χ3n) is 6.01. The second-order valence-electron chi connectivity index (χ2n) is 8.59. The molecule has 0 atom stereocenters. The fourth-order valence-electron chi connectivity index (χ4n) is 4.40. The van der Waals surface area contributed by atoms with Crippen LogP contribution in [-0.4, -0.2) is 34.2 Å². The number of halogens is 8. The average molecular weight is 571 g/mol. The van der Waals surface area contributed by atoms with Crippen LogP contribution in [0.15, 0.2) is 48.8 Å². The van der Waals surface area contributed by atoms with Gasteiger partial charge in [0.05, 0.1) is 58.1 Å². The first-order chi connectivity index (χ1) is 18.3. The number of amides is 1. The zero-order valence-electron chi connectivity index (χ0n) is 19.3. The lowest BCUT2D eigenvalue weighted by Gasteiger charge is -2.23. The van der Waals surface area contributed by atoms with Gasteiger partial charge in [-0.15, -0.1) is 0 Å². The summed E-state index contributed by atoms with van der Waals surface area (Å²) >= 11 is 6.24. The minimum atomic E-state index is -4.95. The van der Waals surface area contributed by atoms with Crippen molar-refractivity contribution in [1.82, 2.24) is 9.55 Å². The minimum Gasteiger partial charge on any atom is -0.330 e. The van der Waals surface area contributed by atoms with E-state index in [1.165, 1.54) is 17.0 Å². The van der Waals surface area contributed by atoms with Crippen molar-refractivity contribution in [3.63, 3.8) is 0 Å². The number of aromatic nitrogens is 2. The van der Waals surface area contributed by atoms with Crippen molar-refractivity contribution in [3.8, 4) is 0 Å². The highest BCUT2D eigenvalue weighted by atomic mass is 35.5. The van der Waals surface area contributed by atoms with Crippen LogP contribution >= 0.6 is 11.6 Å². The highest BCUT2D eigenvalue weighted by Gasteiger charge is 2.36. The fraction of sp³-hybridized carbons (Fsp3) is 0.160. The molecule has 5 rings (SSSR count). The summed E-state index contributed by atoms with van der Waals surface area (Å²) in [6, 6.07) is 5.76. The number of anilines is 3. The number of fused-ring (bicyclic) bond motifs is 3. The van der Waals surface area contributed by atoms with E-state index in [9.17, 15) is 40.3 Å². The molecule has 2 heterocycles. The van der Waals surface area contributed by atoms with Crippen LogP contribution in [0.1, 0.15) is 26.3 Å². The number of hydrogen-bond acceptors (Lipinski definition) is 4. The molecule has 0 bridgehead atoms. The summed E-state index contributed by atoms with van der Waals surface area (Å²) in [5.74, 6) is -3.79. The molecule has 1 aliphatic rings. The van der Waals surface area contributed by atoms with Crippen molar-refractivity contribution in [3.05, 3.63) is 82.1 Å². The van der Waals surface area contributed by atoms with E-state index >= 15 is 0 Å². The van der Waals surface area contributed by atoms with E-state index in [1.807, 2.05) is 0 Å². The lowest BCUT2D eigenvalue weighted by molar-refractivity contribution is -0.137. The Kier molecular flexibility index (Phi) is 6.49. The molecule has 14 heteroatoms. The third kappa shape index (κ3) is 4.89. The number of imidazole rings is 1. The highest BCUT2D eigenvalue weighted by Crippen LogP contribution is 2.46. The van der Waals surface area contributed by atoms with Crippen LogP contribution in [0.5, 0.6) is 0 Å². The van der Waals surface area contributed by atoms with Crippen LogP contribution in [0.3, 0.4) is 0 Å². The van der Waals surface area contributed by atoms with Crippen LogP contribution in [0.2, 0.25) is 5.02 Å². The van der Waals surface area contributed by atoms with Gasteiger partial charge in [0.25, 0.3) is 12.3 Å². The van der Waals surface area contributed by atoms with E-state index < -0.39 is 60.1 Å². The van der Waals surface area contributed by atoms with E-state index in [2.05, 4.69) is 10.3 Å². The summed E-state index contributed by atoms with van der Waals surface area (Å²) < 4.78 is 95.1. The first-order valence-corrected chi connectivity index (χ1v) is 11.5. The van der Waals surface area contributed by atoms with Crippen molar-refractivity contribution in [2.24, 2.45) is 0 Å². The maximum Gasteiger partial charge on any atom is 0.416 e. The Labute approximate surface area is 219 Å². The van der Waals surface area contributed by atoms with Crippen LogP contribution in [-0.2, 0) is 12.7 Å². The van der Waals surface area contributed by atoms with Crippen molar-refractivity contribution in [1.29, 1.82) is 0 Å². The summed E-state index contributed by atoms with van der Waals surface area (Å²) in [7, 11) is 0. The van der Waals surface area contributed by atoms with Crippen molar-refractivity contribution < 1.29 is 40.3 Å². The zero-order chi connectivity index (χ0) is 28.2. The Balaban J connectivity index is 1.70. The SMILES string of the molecule is O=C(Nc1cc2c(ncn2CC(F)F)c2c1N(c1cc(F)ccc1Cl)CC2=O)c1cc(F)cc(C(F)(F)F)c1. The Bertz CT molecular complexity index is 1650. The molecule has 1 N–H and O–H groups in total. The monoisotopic (exact) mass is 570 g/mol. The minimum absolute atomic E-state index is 0.00814. The molecule has 1 aliphatic heterocycles. The van der Waals surface area contributed by atoms with Gasteiger partial charge in [-0.1, -0.05) is 11.6 Å². The molecule has 0 fully saturated rings. The van der Waals surface area contributed by atoms with Gasteiger partial charge < -0.3 is 14.8 Å². The molecule has 0 aliphatic carbocycles. The molecule has 0 radical (unpaired) electrons. The van der Waals surface area contributed by atoms with Crippen LogP contribution < -0.4 is 10.2 Å². The van der Waals surface area contributed by atoms with Gasteiger partial charge in [-0.2, -0.15) is 13.2 Å². The number of ketones is 1. The topological polar surface area (TPSA) is 67.2 Å². The standard InChI is InChI=1S/C25H14ClF7N4O2/c26-15-2-1-13(27)6-17(15)37-8-19(38)21-22-18(36(10-34-22)9-20(29)30)7-16(23(21)37)35-24(39)11-3-12(25(31,32)33)5-14(28)4-11/h1-7,10,20H,8-9H2,(H,35,39). The van der Waals surface area contributed by atoms with Gasteiger partial charge in [0.1, 0.15) is 17.2 Å². The Hall–Kier alpha value is -4.13. The summed E-state index contributed by atoms with van der Waals surface area (Å²) in [6.45, 7) is -1.21. The molecule has 202 valence electrons. The zero-order valence-corrected chi connectivity index (χ0v) is 20.0. The van der Waals surface area contributed by atoms with Crippen molar-refractivity contribution in [2.75, 3.05) is 16.8 Å². The van der Waals surface area contributed by atoms with Crippen LogP contribution in [0.4, 0.5) is 47.8 Å². The molecule has 0 unspecified atom stereocenters. The van der Waals surface area contributed by atoms with E-state index in [0.717, 1.165) is 23.0 Å². The molecule has 1 amide bonds. The molecule has 6 nitrogen and oxygen atoms in total. The number of nitrogens with zero attached hydrogens (tertiary/aromatic N) is 3. The van der Waals surface area contributed by atoms with Crippen molar-refractivity contribution in [2.45, 2.75) is 19.1 Å². The largest absolute Gasteiger partial charge is 0.416 e. The summed E-state index contributed by atoms with van der Waals surface area (Å²) in [5.41, 5.74) is -2.41. The van der Waals surface area contributed by atoms with Crippen molar-refractivity contribution >= 4 is 51.4 Å². The first kappa shape index (κ1) is 26.5. The molecule has 39 heavy (non-hydrogen) atoms. The number of hydrogen-bond donors (Lipinski definition) is 1. The lowest BCUT2D eigenvalue weighted by atomic mass is 10.1. The average Bonchev–Trinajstić information content (AvgIpc) is 3.40. The number of nitrogens with one attached hydrogen (secondary N) is 1. The highest BCUT2D eigenvalue weighted by molar-refractivity contribution is 6.34. The smallest absolute Gasteiger partial charge is 0.330 e. The number of alkyl halides is 5. The summed E-state index contributed by atoms with van der Waals surface area (Å²) in [5, 5.41) is 2.37. The molecular weight excluding hydrogens is 557 g/mol. The number of carbonyl (C=O) groups is 2. The maximum atomic E-state index is 14.1. The predicted molar refractivity (Wildman–Crippen MR) is 128 cm³/mol. The van der Waals surface area contributed by atoms with Gasteiger partial charge in [-0.05, 0) is 42.5 Å². The van der Waals surface area contributed by atoms with Gasteiger partial charge >= 0.3 is 6.18 Å². The number of benzene rings is 3. The molecule has 0 spiro atoms. The number of Topliss-reactive ketones (excluding diaryl/α,β-unsaturated/α-hetero) is 1. The van der Waals surface area contributed by atoms with Gasteiger partial charge in [-0.3, -0.25) is 9.59 Å².